The molecule has 0 aromatic carbocycles. The minimum atomic E-state index is -1.27. The molecule has 0 unspecified atom stereocenters. The van der Waals surface area contributed by atoms with Crippen molar-refractivity contribution in [1.29, 1.82) is 0 Å². The first-order valence-electron chi connectivity index (χ1n) is 2.47. The maximum Gasteiger partial charge on any atom is 0.421 e. The lowest BCUT2D eigenvalue weighted by molar-refractivity contribution is 0.0535. The number of rotatable bonds is 1. The predicted molar refractivity (Wildman–Crippen MR) is 28.5 cm³/mol. The van der Waals surface area contributed by atoms with Gasteiger partial charge >= 0.3 is 5.97 Å². The second-order valence-corrected chi connectivity index (χ2v) is 1.72. The molecule has 0 aliphatic rings. The first kappa shape index (κ1) is 5.88. The van der Waals surface area contributed by atoms with Crippen molar-refractivity contribution in [3.63, 3.8) is 0 Å². The van der Waals surface area contributed by atoms with E-state index in [9.17, 15) is 9.90 Å². The molecule has 0 saturated carbocycles. The molecule has 0 atom stereocenters. The molecule has 3 nitrogen and oxygen atoms in total. The number of hydrogen-bond acceptors (Lipinski definition) is 2. The summed E-state index contributed by atoms with van der Waals surface area (Å²) >= 11 is 0. The average Bonchev–Trinajstić information content (AvgIpc) is 2.13. The van der Waals surface area contributed by atoms with Crippen LogP contribution >= 0.6 is 0 Å². The molecule has 1 aromatic heterocycles. The minimum absolute atomic E-state index is 0.0880. The van der Waals surface area contributed by atoms with Crippen LogP contribution in [0.25, 0.3) is 0 Å². The van der Waals surface area contributed by atoms with Gasteiger partial charge in [0.25, 0.3) is 0 Å². The number of carbonyl (C=O) groups excluding carboxylic acids is 1. The van der Waals surface area contributed by atoms with Gasteiger partial charge in [-0.15, -0.1) is 0 Å². The highest BCUT2D eigenvalue weighted by molar-refractivity contribution is 5.85. The van der Waals surface area contributed by atoms with Crippen LogP contribution in [0.5, 0.6) is 0 Å². The Bertz CT molecular complexity index is 224. The van der Waals surface area contributed by atoms with E-state index in [1.165, 1.54) is 6.26 Å². The molecule has 9 heavy (non-hydrogen) atoms. The lowest BCUT2D eigenvalue weighted by Gasteiger charge is -1.82. The summed E-state index contributed by atoms with van der Waals surface area (Å²) in [5.74, 6) is -1.35. The van der Waals surface area contributed by atoms with Crippen LogP contribution in [0.4, 0.5) is 0 Å². The Morgan fingerprint density at radius 2 is 2.33 bits per heavy atom. The Balaban J connectivity index is 3.08. The fraction of sp³-hybridized carbons (Fsp3) is 0.167. The third-order valence-corrected chi connectivity index (χ3v) is 1.05. The van der Waals surface area contributed by atoms with E-state index < -0.39 is 5.97 Å². The molecule has 1 radical (unpaired) electrons. The third-order valence-electron chi connectivity index (χ3n) is 1.05. The van der Waals surface area contributed by atoms with Crippen LogP contribution in [0.3, 0.4) is 0 Å². The van der Waals surface area contributed by atoms with E-state index in [4.69, 9.17) is 0 Å². The molecule has 0 amide bonds. The van der Waals surface area contributed by atoms with E-state index in [2.05, 4.69) is 4.42 Å². The summed E-state index contributed by atoms with van der Waals surface area (Å²) in [7, 11) is 0. The van der Waals surface area contributed by atoms with Crippen LogP contribution in [0.2, 0.25) is 0 Å². The molecule has 0 spiro atoms. The molecule has 1 aromatic rings. The van der Waals surface area contributed by atoms with Gasteiger partial charge in [0.2, 0.25) is 5.76 Å². The Morgan fingerprint density at radius 1 is 1.67 bits per heavy atom. The van der Waals surface area contributed by atoms with Crippen molar-refractivity contribution in [2.45, 2.75) is 6.92 Å². The van der Waals surface area contributed by atoms with Crippen molar-refractivity contribution in [1.82, 2.24) is 0 Å². The Labute approximate surface area is 51.9 Å². The van der Waals surface area contributed by atoms with Gasteiger partial charge in [0.15, 0.2) is 0 Å². The molecule has 0 fully saturated rings. The van der Waals surface area contributed by atoms with Crippen molar-refractivity contribution in [3.8, 4) is 0 Å². The summed E-state index contributed by atoms with van der Waals surface area (Å²) < 4.78 is 4.56. The van der Waals surface area contributed by atoms with Gasteiger partial charge in [-0.05, 0) is 13.0 Å². The van der Waals surface area contributed by atoms with Crippen molar-refractivity contribution in [2.75, 3.05) is 0 Å². The van der Waals surface area contributed by atoms with Crippen LogP contribution in [0, 0.1) is 6.92 Å². The number of aryl methyl sites for hydroxylation is 1. The summed E-state index contributed by atoms with van der Waals surface area (Å²) in [5.41, 5.74) is 0.593. The van der Waals surface area contributed by atoms with Gasteiger partial charge in [-0.2, -0.15) is 0 Å². The highest BCUT2D eigenvalue weighted by atomic mass is 16.4. The molecule has 0 aliphatic heterocycles. The van der Waals surface area contributed by atoms with Crippen LogP contribution in [0.15, 0.2) is 16.7 Å². The van der Waals surface area contributed by atoms with E-state index in [0.29, 0.717) is 5.56 Å². The highest BCUT2D eigenvalue weighted by Crippen LogP contribution is 2.07. The summed E-state index contributed by atoms with van der Waals surface area (Å²) in [6.07, 6.45) is 1.32. The zero-order valence-corrected chi connectivity index (χ0v) is 4.88. The molecule has 1 rings (SSSR count). The fourth-order valence-electron chi connectivity index (χ4n) is 0.582. The largest absolute Gasteiger partial charge is 0.457 e. The standard InChI is InChI=1S/C6H5O3/c1-4-2-3-9-5(4)6(7)8/h2-3H,1H3. The van der Waals surface area contributed by atoms with Crippen molar-refractivity contribution in [2.24, 2.45) is 0 Å². The van der Waals surface area contributed by atoms with E-state index >= 15 is 0 Å². The predicted octanol–water partition coefficient (Wildman–Crippen LogP) is 1.16. The maximum absolute atomic E-state index is 10.1. The van der Waals surface area contributed by atoms with Gasteiger partial charge in [-0.3, -0.25) is 0 Å². The molecule has 0 N–H and O–H groups in total. The van der Waals surface area contributed by atoms with E-state index in [0.717, 1.165) is 0 Å². The first-order valence-corrected chi connectivity index (χ1v) is 2.47. The normalized spacial score (nSPS) is 9.44. The first-order chi connectivity index (χ1) is 4.22. The van der Waals surface area contributed by atoms with E-state index in [-0.39, 0.29) is 5.76 Å². The molecule has 3 heteroatoms. The van der Waals surface area contributed by atoms with Gasteiger partial charge in [0, 0.05) is 5.56 Å². The second-order valence-electron chi connectivity index (χ2n) is 1.72. The lowest BCUT2D eigenvalue weighted by atomic mass is 10.3. The SMILES string of the molecule is Cc1ccoc1C([O])=O. The summed E-state index contributed by atoms with van der Waals surface area (Å²) in [6, 6.07) is 1.57. The number of furan rings is 1. The topological polar surface area (TPSA) is 50.1 Å². The Morgan fingerprint density at radius 3 is 2.56 bits per heavy atom. The van der Waals surface area contributed by atoms with E-state index in [1.54, 1.807) is 13.0 Å². The van der Waals surface area contributed by atoms with Crippen molar-refractivity contribution < 1.29 is 14.3 Å². The third kappa shape index (κ3) is 0.937. The highest BCUT2D eigenvalue weighted by Gasteiger charge is 2.11. The maximum atomic E-state index is 10.1. The molecule has 0 aliphatic carbocycles. The summed E-state index contributed by atoms with van der Waals surface area (Å²) in [4.78, 5) is 10.1. The van der Waals surface area contributed by atoms with Crippen LogP contribution in [-0.2, 0) is 5.11 Å². The quantitative estimate of drug-likeness (QED) is 0.565. The number of carbonyl (C=O) groups is 1. The average molecular weight is 125 g/mol. The van der Waals surface area contributed by atoms with Crippen LogP contribution in [0.1, 0.15) is 16.1 Å². The molecular weight excluding hydrogens is 120 g/mol. The monoisotopic (exact) mass is 125 g/mol. The zero-order valence-electron chi connectivity index (χ0n) is 4.88. The molecule has 0 bridgehead atoms. The van der Waals surface area contributed by atoms with Crippen molar-refractivity contribution in [3.05, 3.63) is 23.7 Å². The van der Waals surface area contributed by atoms with Crippen LogP contribution in [-0.4, -0.2) is 5.97 Å². The van der Waals surface area contributed by atoms with Gasteiger partial charge in [-0.25, -0.2) is 9.90 Å². The molecule has 1 heterocycles. The van der Waals surface area contributed by atoms with E-state index in [1.807, 2.05) is 0 Å². The lowest BCUT2D eigenvalue weighted by Crippen LogP contribution is -1.92. The Kier molecular flexibility index (Phi) is 1.26. The van der Waals surface area contributed by atoms with Crippen LogP contribution < -0.4 is 0 Å². The summed E-state index contributed by atoms with van der Waals surface area (Å²) in [5, 5.41) is 10.1. The number of hydrogen-bond donors (Lipinski definition) is 0. The second kappa shape index (κ2) is 1.93. The van der Waals surface area contributed by atoms with Gasteiger partial charge in [-0.1, -0.05) is 0 Å². The molecule has 0 saturated heterocycles. The van der Waals surface area contributed by atoms with Crippen molar-refractivity contribution >= 4 is 5.97 Å². The van der Waals surface area contributed by atoms with Gasteiger partial charge < -0.3 is 4.42 Å². The summed E-state index contributed by atoms with van der Waals surface area (Å²) in [6.45, 7) is 1.65. The van der Waals surface area contributed by atoms with Gasteiger partial charge in [0.1, 0.15) is 0 Å². The molecule has 47 valence electrons. The zero-order chi connectivity index (χ0) is 6.85. The molecular formula is C6H5O3. The van der Waals surface area contributed by atoms with Gasteiger partial charge in [0.05, 0.1) is 6.26 Å². The Hall–Kier alpha value is -1.25. The minimum Gasteiger partial charge on any atom is -0.457 e. The smallest absolute Gasteiger partial charge is 0.421 e. The fourth-order valence-corrected chi connectivity index (χ4v) is 0.582.